The number of hydrogen-bond acceptors (Lipinski definition) is 1. The van der Waals surface area contributed by atoms with Crippen LogP contribution >= 0.6 is 0 Å². The lowest BCUT2D eigenvalue weighted by molar-refractivity contribution is -0.117. The number of carbonyl (C=O) groups excluding carboxylic acids is 1. The quantitative estimate of drug-likeness (QED) is 0.579. The highest BCUT2D eigenvalue weighted by molar-refractivity contribution is 5.75. The van der Waals surface area contributed by atoms with E-state index in [0.717, 1.165) is 12.8 Å². The number of rotatable bonds is 7. The van der Waals surface area contributed by atoms with Gasteiger partial charge in [0.1, 0.15) is 5.78 Å². The van der Waals surface area contributed by atoms with Gasteiger partial charge in [-0.05, 0) is 45.1 Å². The van der Waals surface area contributed by atoms with Crippen LogP contribution in [0, 0.1) is 5.92 Å². The Hall–Kier alpha value is -1.11. The Morgan fingerprint density at radius 2 is 2.00 bits per heavy atom. The Labute approximate surface area is 99.9 Å². The first kappa shape index (κ1) is 14.9. The van der Waals surface area contributed by atoms with E-state index in [-0.39, 0.29) is 5.78 Å². The summed E-state index contributed by atoms with van der Waals surface area (Å²) in [7, 11) is 0. The molecule has 1 nitrogen and oxygen atoms in total. The van der Waals surface area contributed by atoms with E-state index in [1.807, 2.05) is 6.08 Å². The van der Waals surface area contributed by atoms with E-state index >= 15 is 0 Å². The lowest BCUT2D eigenvalue weighted by Gasteiger charge is -2.12. The van der Waals surface area contributed by atoms with Gasteiger partial charge in [-0.1, -0.05) is 37.3 Å². The SMILES string of the molecule is C=C/C(C)=C\C(=C/C)C(C)CCCC(C)=O. The minimum absolute atomic E-state index is 0.284. The van der Waals surface area contributed by atoms with Crippen LogP contribution in [-0.2, 0) is 4.79 Å². The summed E-state index contributed by atoms with van der Waals surface area (Å²) >= 11 is 0. The van der Waals surface area contributed by atoms with Crippen molar-refractivity contribution in [2.75, 3.05) is 0 Å². The van der Waals surface area contributed by atoms with Crippen LogP contribution in [0.25, 0.3) is 0 Å². The van der Waals surface area contributed by atoms with E-state index in [9.17, 15) is 4.79 Å². The van der Waals surface area contributed by atoms with Crippen LogP contribution in [0.15, 0.2) is 36.0 Å². The van der Waals surface area contributed by atoms with Crippen molar-refractivity contribution in [2.45, 2.75) is 47.0 Å². The van der Waals surface area contributed by atoms with Crippen molar-refractivity contribution in [1.82, 2.24) is 0 Å². The average molecular weight is 220 g/mol. The molecule has 0 aromatic heterocycles. The molecule has 16 heavy (non-hydrogen) atoms. The van der Waals surface area contributed by atoms with Crippen molar-refractivity contribution in [3.63, 3.8) is 0 Å². The van der Waals surface area contributed by atoms with Gasteiger partial charge in [-0.3, -0.25) is 0 Å². The lowest BCUT2D eigenvalue weighted by atomic mass is 9.93. The Morgan fingerprint density at radius 1 is 1.38 bits per heavy atom. The first-order valence-corrected chi connectivity index (χ1v) is 5.97. The average Bonchev–Trinajstić information content (AvgIpc) is 2.24. The van der Waals surface area contributed by atoms with Gasteiger partial charge in [-0.25, -0.2) is 0 Å². The molecule has 90 valence electrons. The maximum absolute atomic E-state index is 10.8. The van der Waals surface area contributed by atoms with E-state index < -0.39 is 0 Å². The number of Topliss-reactive ketones (excluding diaryl/α,β-unsaturated/α-hetero) is 1. The van der Waals surface area contributed by atoms with Gasteiger partial charge in [0, 0.05) is 6.42 Å². The fourth-order valence-electron chi connectivity index (χ4n) is 1.66. The molecule has 0 aliphatic heterocycles. The van der Waals surface area contributed by atoms with Gasteiger partial charge in [0.2, 0.25) is 0 Å². The van der Waals surface area contributed by atoms with Crippen molar-refractivity contribution in [3.05, 3.63) is 36.0 Å². The first-order chi connectivity index (χ1) is 7.51. The van der Waals surface area contributed by atoms with Crippen molar-refractivity contribution < 1.29 is 4.79 Å². The molecule has 0 spiro atoms. The Balaban J connectivity index is 4.28. The number of hydrogen-bond donors (Lipinski definition) is 0. The molecule has 0 saturated heterocycles. The molecular formula is C15H24O. The third-order valence-corrected chi connectivity index (χ3v) is 2.78. The molecule has 1 atom stereocenters. The normalized spacial score (nSPS) is 14.8. The van der Waals surface area contributed by atoms with E-state index in [0.29, 0.717) is 12.3 Å². The highest BCUT2D eigenvalue weighted by Crippen LogP contribution is 2.20. The molecule has 1 unspecified atom stereocenters. The molecule has 0 heterocycles. The Kier molecular flexibility index (Phi) is 7.53. The second-order valence-corrected chi connectivity index (χ2v) is 4.38. The van der Waals surface area contributed by atoms with Crippen LogP contribution in [0.4, 0.5) is 0 Å². The molecule has 0 fully saturated rings. The van der Waals surface area contributed by atoms with Gasteiger partial charge in [0.15, 0.2) is 0 Å². The summed E-state index contributed by atoms with van der Waals surface area (Å²) in [5, 5.41) is 0. The molecule has 0 rings (SSSR count). The van der Waals surface area contributed by atoms with Crippen LogP contribution in [0.1, 0.15) is 47.0 Å². The van der Waals surface area contributed by atoms with E-state index in [1.165, 1.54) is 11.1 Å². The van der Waals surface area contributed by atoms with E-state index in [1.54, 1.807) is 6.92 Å². The van der Waals surface area contributed by atoms with Gasteiger partial charge in [-0.15, -0.1) is 0 Å². The number of allylic oxidation sites excluding steroid dienone is 5. The molecule has 0 N–H and O–H groups in total. The molecular weight excluding hydrogens is 196 g/mol. The molecule has 0 aromatic rings. The largest absolute Gasteiger partial charge is 0.300 e. The summed E-state index contributed by atoms with van der Waals surface area (Å²) in [6.45, 7) is 11.7. The second-order valence-electron chi connectivity index (χ2n) is 4.38. The highest BCUT2D eigenvalue weighted by atomic mass is 16.1. The molecule has 0 aliphatic carbocycles. The molecule has 0 aliphatic rings. The summed E-state index contributed by atoms with van der Waals surface area (Å²) in [6.07, 6.45) is 8.93. The van der Waals surface area contributed by atoms with Gasteiger partial charge in [0.05, 0.1) is 0 Å². The molecule has 0 amide bonds. The number of ketones is 1. The zero-order valence-electron chi connectivity index (χ0n) is 11.0. The van der Waals surface area contributed by atoms with E-state index in [2.05, 4.69) is 39.5 Å². The van der Waals surface area contributed by atoms with Crippen molar-refractivity contribution in [2.24, 2.45) is 5.92 Å². The monoisotopic (exact) mass is 220 g/mol. The van der Waals surface area contributed by atoms with Gasteiger partial charge < -0.3 is 4.79 Å². The van der Waals surface area contributed by atoms with E-state index in [4.69, 9.17) is 0 Å². The maximum atomic E-state index is 10.8. The summed E-state index contributed by atoms with van der Waals surface area (Å²) in [5.74, 6) is 0.797. The predicted octanol–water partition coefficient (Wildman–Crippen LogP) is 4.46. The molecule has 0 saturated carbocycles. The van der Waals surface area contributed by atoms with Gasteiger partial charge in [-0.2, -0.15) is 0 Å². The van der Waals surface area contributed by atoms with Crippen LogP contribution in [0.3, 0.4) is 0 Å². The summed E-state index contributed by atoms with van der Waals surface area (Å²) in [4.78, 5) is 10.8. The zero-order valence-corrected chi connectivity index (χ0v) is 11.0. The minimum atomic E-state index is 0.284. The van der Waals surface area contributed by atoms with Crippen LogP contribution in [0.5, 0.6) is 0 Å². The van der Waals surface area contributed by atoms with Crippen LogP contribution < -0.4 is 0 Å². The minimum Gasteiger partial charge on any atom is -0.300 e. The highest BCUT2D eigenvalue weighted by Gasteiger charge is 2.06. The molecule has 0 bridgehead atoms. The summed E-state index contributed by atoms with van der Waals surface area (Å²) < 4.78 is 0. The third kappa shape index (κ3) is 6.39. The van der Waals surface area contributed by atoms with Crippen molar-refractivity contribution in [1.29, 1.82) is 0 Å². The summed E-state index contributed by atoms with van der Waals surface area (Å²) in [6, 6.07) is 0. The Bertz CT molecular complexity index is 295. The van der Waals surface area contributed by atoms with Crippen LogP contribution in [-0.4, -0.2) is 5.78 Å². The van der Waals surface area contributed by atoms with Crippen LogP contribution in [0.2, 0.25) is 0 Å². The fourth-order valence-corrected chi connectivity index (χ4v) is 1.66. The predicted molar refractivity (Wildman–Crippen MR) is 71.4 cm³/mol. The van der Waals surface area contributed by atoms with Crippen molar-refractivity contribution in [3.8, 4) is 0 Å². The topological polar surface area (TPSA) is 17.1 Å². The van der Waals surface area contributed by atoms with Crippen molar-refractivity contribution >= 4 is 5.78 Å². The molecule has 0 aromatic carbocycles. The number of carbonyl (C=O) groups is 1. The first-order valence-electron chi connectivity index (χ1n) is 5.97. The third-order valence-electron chi connectivity index (χ3n) is 2.78. The lowest BCUT2D eigenvalue weighted by Crippen LogP contribution is -2.00. The maximum Gasteiger partial charge on any atom is 0.129 e. The molecule has 0 radical (unpaired) electrons. The standard InChI is InChI=1S/C15H24O/c1-6-12(3)11-15(7-2)13(4)9-8-10-14(5)16/h6-7,11,13H,1,8-10H2,2-5H3/b12-11-,15-7+. The van der Waals surface area contributed by atoms with Gasteiger partial charge in [0.25, 0.3) is 0 Å². The second kappa shape index (κ2) is 8.09. The summed E-state index contributed by atoms with van der Waals surface area (Å²) in [5.41, 5.74) is 2.52. The fraction of sp³-hybridized carbons (Fsp3) is 0.533. The van der Waals surface area contributed by atoms with Gasteiger partial charge >= 0.3 is 0 Å². The smallest absolute Gasteiger partial charge is 0.129 e. The Morgan fingerprint density at radius 3 is 2.44 bits per heavy atom. The zero-order chi connectivity index (χ0) is 12.6. The molecule has 1 heteroatoms.